The molecule has 0 unspecified atom stereocenters. The third-order valence-electron chi connectivity index (χ3n) is 4.77. The number of rotatable bonds is 8. The molecule has 1 N–H and O–H groups in total. The van der Waals surface area contributed by atoms with E-state index in [9.17, 15) is 4.79 Å². The average Bonchev–Trinajstić information content (AvgIpc) is 3.20. The Balaban J connectivity index is 1.56. The molecule has 0 saturated heterocycles. The highest BCUT2D eigenvalue weighted by Gasteiger charge is 2.19. The summed E-state index contributed by atoms with van der Waals surface area (Å²) in [7, 11) is 1.64. The van der Waals surface area contributed by atoms with Gasteiger partial charge in [0.1, 0.15) is 5.75 Å². The molecule has 5 nitrogen and oxygen atoms in total. The molecule has 1 saturated carbocycles. The van der Waals surface area contributed by atoms with E-state index < -0.39 is 0 Å². The Hall–Kier alpha value is -2.69. The van der Waals surface area contributed by atoms with E-state index in [2.05, 4.69) is 5.32 Å². The Morgan fingerprint density at radius 2 is 1.85 bits per heavy atom. The Labute approximate surface area is 160 Å². The van der Waals surface area contributed by atoms with E-state index in [4.69, 9.17) is 14.2 Å². The molecule has 0 aromatic heterocycles. The normalized spacial score (nSPS) is 15.2. The predicted molar refractivity (Wildman–Crippen MR) is 104 cm³/mol. The Morgan fingerprint density at radius 1 is 1.11 bits per heavy atom. The van der Waals surface area contributed by atoms with Crippen molar-refractivity contribution in [2.75, 3.05) is 13.7 Å². The van der Waals surface area contributed by atoms with Crippen molar-refractivity contribution in [1.82, 2.24) is 5.32 Å². The fraction of sp³-hybridized carbons (Fsp3) is 0.409. The van der Waals surface area contributed by atoms with Crippen molar-refractivity contribution in [2.24, 2.45) is 0 Å². The van der Waals surface area contributed by atoms with E-state index >= 15 is 0 Å². The minimum atomic E-state index is -0.170. The van der Waals surface area contributed by atoms with E-state index in [1.54, 1.807) is 7.11 Å². The van der Waals surface area contributed by atoms with Gasteiger partial charge in [0.15, 0.2) is 18.1 Å². The number of nitrogens with one attached hydrogen (secondary N) is 1. The first-order chi connectivity index (χ1) is 13.2. The Morgan fingerprint density at radius 3 is 2.56 bits per heavy atom. The topological polar surface area (TPSA) is 56.8 Å². The van der Waals surface area contributed by atoms with Crippen molar-refractivity contribution < 1.29 is 19.0 Å². The van der Waals surface area contributed by atoms with Crippen LogP contribution in [0.25, 0.3) is 0 Å². The van der Waals surface area contributed by atoms with Gasteiger partial charge < -0.3 is 19.5 Å². The van der Waals surface area contributed by atoms with Crippen LogP contribution in [0.3, 0.4) is 0 Å². The van der Waals surface area contributed by atoms with Gasteiger partial charge in [-0.3, -0.25) is 4.79 Å². The highest BCUT2D eigenvalue weighted by atomic mass is 16.5. The largest absolute Gasteiger partial charge is 0.493 e. The van der Waals surface area contributed by atoms with Crippen LogP contribution >= 0.6 is 0 Å². The zero-order chi connectivity index (χ0) is 19.1. The quantitative estimate of drug-likeness (QED) is 0.755. The van der Waals surface area contributed by atoms with E-state index in [0.29, 0.717) is 11.5 Å². The maximum atomic E-state index is 12.2. The minimum Gasteiger partial charge on any atom is -0.493 e. The fourth-order valence-electron chi connectivity index (χ4n) is 3.27. The van der Waals surface area contributed by atoms with Crippen molar-refractivity contribution in [3.8, 4) is 17.2 Å². The summed E-state index contributed by atoms with van der Waals surface area (Å²) in [4.78, 5) is 12.2. The highest BCUT2D eigenvalue weighted by Crippen LogP contribution is 2.33. The first-order valence-corrected chi connectivity index (χ1v) is 9.47. The number of para-hydroxylation sites is 1. The van der Waals surface area contributed by atoms with Crippen molar-refractivity contribution in [1.29, 1.82) is 0 Å². The highest BCUT2D eigenvalue weighted by molar-refractivity contribution is 5.78. The van der Waals surface area contributed by atoms with E-state index in [0.717, 1.165) is 24.2 Å². The smallest absolute Gasteiger partial charge is 0.258 e. The van der Waals surface area contributed by atoms with Gasteiger partial charge in [0.05, 0.1) is 19.3 Å². The lowest BCUT2D eigenvalue weighted by Gasteiger charge is -2.19. The molecule has 5 heteroatoms. The molecule has 1 amide bonds. The first kappa shape index (κ1) is 19.1. The van der Waals surface area contributed by atoms with Crippen molar-refractivity contribution >= 4 is 5.91 Å². The Kier molecular flexibility index (Phi) is 6.58. The molecule has 0 radical (unpaired) electrons. The molecule has 0 heterocycles. The lowest BCUT2D eigenvalue weighted by molar-refractivity contribution is -0.123. The van der Waals surface area contributed by atoms with Gasteiger partial charge in [-0.1, -0.05) is 24.3 Å². The van der Waals surface area contributed by atoms with Crippen molar-refractivity contribution in [3.05, 3.63) is 54.1 Å². The molecule has 0 bridgehead atoms. The summed E-state index contributed by atoms with van der Waals surface area (Å²) in [5.74, 6) is 1.96. The van der Waals surface area contributed by atoms with Crippen molar-refractivity contribution in [2.45, 2.75) is 44.8 Å². The van der Waals surface area contributed by atoms with E-state index in [1.165, 1.54) is 12.8 Å². The van der Waals surface area contributed by atoms with Gasteiger partial charge in [-0.25, -0.2) is 0 Å². The summed E-state index contributed by atoms with van der Waals surface area (Å²) in [6.45, 7) is 1.92. The van der Waals surface area contributed by atoms with Crippen LogP contribution in [-0.4, -0.2) is 25.7 Å². The van der Waals surface area contributed by atoms with Crippen LogP contribution in [0.4, 0.5) is 0 Å². The monoisotopic (exact) mass is 369 g/mol. The molecule has 1 aliphatic carbocycles. The number of carbonyl (C=O) groups excluding carboxylic acids is 1. The molecule has 2 aromatic carbocycles. The maximum absolute atomic E-state index is 12.2. The number of ether oxygens (including phenoxy) is 3. The van der Waals surface area contributed by atoms with Crippen LogP contribution < -0.4 is 19.5 Å². The van der Waals surface area contributed by atoms with E-state index in [1.807, 2.05) is 55.5 Å². The van der Waals surface area contributed by atoms with Gasteiger partial charge in [-0.2, -0.15) is 0 Å². The van der Waals surface area contributed by atoms with Gasteiger partial charge >= 0.3 is 0 Å². The molecule has 3 rings (SSSR count). The lowest BCUT2D eigenvalue weighted by atomic mass is 10.1. The summed E-state index contributed by atoms with van der Waals surface area (Å²) >= 11 is 0. The fourth-order valence-corrected chi connectivity index (χ4v) is 3.27. The van der Waals surface area contributed by atoms with Gasteiger partial charge in [0.2, 0.25) is 0 Å². The van der Waals surface area contributed by atoms with Gasteiger partial charge in [0, 0.05) is 0 Å². The van der Waals surface area contributed by atoms with Gasteiger partial charge in [-0.05, 0) is 62.4 Å². The van der Waals surface area contributed by atoms with Crippen LogP contribution in [0, 0.1) is 0 Å². The molecular formula is C22H27NO4. The first-order valence-electron chi connectivity index (χ1n) is 9.47. The number of amides is 1. The number of carbonyl (C=O) groups is 1. The molecule has 1 aliphatic rings. The average molecular weight is 369 g/mol. The van der Waals surface area contributed by atoms with Crippen LogP contribution in [-0.2, 0) is 4.79 Å². The molecule has 2 aromatic rings. The second-order valence-electron chi connectivity index (χ2n) is 6.83. The molecule has 0 aliphatic heterocycles. The van der Waals surface area contributed by atoms with Gasteiger partial charge in [-0.15, -0.1) is 0 Å². The molecular weight excluding hydrogens is 342 g/mol. The van der Waals surface area contributed by atoms with Crippen LogP contribution in [0.15, 0.2) is 48.5 Å². The number of methoxy groups -OCH3 is 1. The Bertz CT molecular complexity index is 741. The third-order valence-corrected chi connectivity index (χ3v) is 4.77. The molecule has 1 fully saturated rings. The number of hydrogen-bond acceptors (Lipinski definition) is 4. The SMILES string of the molecule is COc1cc([C@@H](C)NC(=O)COc2ccccc2)ccc1OC1CCCC1. The number of benzene rings is 2. The summed E-state index contributed by atoms with van der Waals surface area (Å²) < 4.78 is 17.0. The minimum absolute atomic E-state index is 0.0195. The van der Waals surface area contributed by atoms with Gasteiger partial charge in [0.25, 0.3) is 5.91 Å². The third kappa shape index (κ3) is 5.39. The summed E-state index contributed by atoms with van der Waals surface area (Å²) in [5.41, 5.74) is 0.957. The summed E-state index contributed by atoms with van der Waals surface area (Å²) in [6, 6.07) is 15.0. The molecule has 27 heavy (non-hydrogen) atoms. The molecule has 0 spiro atoms. The second kappa shape index (κ2) is 9.31. The van der Waals surface area contributed by atoms with Crippen molar-refractivity contribution in [3.63, 3.8) is 0 Å². The van der Waals surface area contributed by atoms with Crippen LogP contribution in [0.5, 0.6) is 17.2 Å². The zero-order valence-corrected chi connectivity index (χ0v) is 15.9. The van der Waals surface area contributed by atoms with E-state index in [-0.39, 0.29) is 24.7 Å². The number of hydrogen-bond donors (Lipinski definition) is 1. The van der Waals surface area contributed by atoms with Crippen LogP contribution in [0.2, 0.25) is 0 Å². The second-order valence-corrected chi connectivity index (χ2v) is 6.83. The lowest BCUT2D eigenvalue weighted by Crippen LogP contribution is -2.31. The molecule has 1 atom stereocenters. The standard InChI is InChI=1S/C22H27NO4/c1-16(23-22(24)15-26-18-8-4-3-5-9-18)17-12-13-20(21(14-17)25-2)27-19-10-6-7-11-19/h3-5,8-9,12-14,16,19H,6-7,10-11,15H2,1-2H3,(H,23,24)/t16-/m1/s1. The summed E-state index contributed by atoms with van der Waals surface area (Å²) in [5, 5.41) is 2.95. The van der Waals surface area contributed by atoms with Crippen LogP contribution in [0.1, 0.15) is 44.2 Å². The maximum Gasteiger partial charge on any atom is 0.258 e. The molecule has 144 valence electrons. The zero-order valence-electron chi connectivity index (χ0n) is 15.9. The predicted octanol–water partition coefficient (Wildman–Crippen LogP) is 4.27. The summed E-state index contributed by atoms with van der Waals surface area (Å²) in [6.07, 6.45) is 4.91.